The molecule has 3 N–H and O–H groups in total. The van der Waals surface area contributed by atoms with E-state index in [1.165, 1.54) is 6.07 Å². The van der Waals surface area contributed by atoms with Crippen LogP contribution in [-0.2, 0) is 6.42 Å². The number of hydrogen-bond donors (Lipinski definition) is 3. The van der Waals surface area contributed by atoms with Gasteiger partial charge in [0.05, 0.1) is 0 Å². The highest BCUT2D eigenvalue weighted by Crippen LogP contribution is 2.20. The molecule has 0 amide bonds. The van der Waals surface area contributed by atoms with E-state index < -0.39 is 0 Å². The van der Waals surface area contributed by atoms with Crippen molar-refractivity contribution in [2.45, 2.75) is 32.2 Å². The lowest BCUT2D eigenvalue weighted by molar-refractivity contribution is 0.459. The molecule has 0 radical (unpaired) electrons. The second-order valence-electron chi connectivity index (χ2n) is 7.61. The van der Waals surface area contributed by atoms with Crippen LogP contribution >= 0.6 is 0 Å². The van der Waals surface area contributed by atoms with Crippen molar-refractivity contribution in [2.75, 3.05) is 31.1 Å². The average Bonchev–Trinajstić information content (AvgIpc) is 3.17. The molecule has 4 rings (SSSR count). The predicted octanol–water partition coefficient (Wildman–Crippen LogP) is 3.47. The minimum Gasteiger partial charge on any atom is -0.361 e. The van der Waals surface area contributed by atoms with Gasteiger partial charge in [0.15, 0.2) is 5.96 Å². The molecule has 1 aromatic carbocycles. The molecule has 1 aliphatic rings. The van der Waals surface area contributed by atoms with Crippen molar-refractivity contribution in [1.82, 2.24) is 20.6 Å². The van der Waals surface area contributed by atoms with E-state index in [9.17, 15) is 4.39 Å². The van der Waals surface area contributed by atoms with E-state index in [4.69, 9.17) is 4.99 Å². The quantitative estimate of drug-likeness (QED) is 0.432. The van der Waals surface area contributed by atoms with Crippen LogP contribution in [0.15, 0.2) is 53.8 Å². The summed E-state index contributed by atoms with van der Waals surface area (Å²) in [5.74, 6) is 1.69. The molecule has 0 spiro atoms. The third-order valence-electron chi connectivity index (χ3n) is 5.53. The Kier molecular flexibility index (Phi) is 6.47. The number of aliphatic imine (C=N–C) groups is 1. The molecule has 0 aliphatic carbocycles. The Morgan fingerprint density at radius 2 is 2.13 bits per heavy atom. The zero-order chi connectivity index (χ0) is 20.8. The molecule has 1 aliphatic heterocycles. The SMILES string of the molecule is CCNC(=NCCc1c[nH]c2ccc(F)cc12)NC1CCN(c2ccccn2)CC1. The van der Waals surface area contributed by atoms with Crippen LogP contribution in [0, 0.1) is 5.82 Å². The number of benzene rings is 1. The summed E-state index contributed by atoms with van der Waals surface area (Å²) in [5, 5.41) is 7.86. The Morgan fingerprint density at radius 3 is 2.90 bits per heavy atom. The first-order valence-corrected chi connectivity index (χ1v) is 10.7. The third kappa shape index (κ3) is 4.90. The Hall–Kier alpha value is -3.09. The minimum absolute atomic E-state index is 0.209. The van der Waals surface area contributed by atoms with Crippen molar-refractivity contribution >= 4 is 22.7 Å². The number of halogens is 1. The Balaban J connectivity index is 1.32. The van der Waals surface area contributed by atoms with Crippen LogP contribution in [0.25, 0.3) is 10.9 Å². The van der Waals surface area contributed by atoms with Gasteiger partial charge in [0, 0.05) is 55.5 Å². The van der Waals surface area contributed by atoms with Crippen molar-refractivity contribution < 1.29 is 4.39 Å². The van der Waals surface area contributed by atoms with Crippen molar-refractivity contribution in [3.8, 4) is 0 Å². The summed E-state index contributed by atoms with van der Waals surface area (Å²) in [5.41, 5.74) is 2.05. The molecule has 7 heteroatoms. The summed E-state index contributed by atoms with van der Waals surface area (Å²) < 4.78 is 13.6. The van der Waals surface area contributed by atoms with E-state index in [1.807, 2.05) is 24.5 Å². The van der Waals surface area contributed by atoms with Crippen molar-refractivity contribution in [2.24, 2.45) is 4.99 Å². The second-order valence-corrected chi connectivity index (χ2v) is 7.61. The van der Waals surface area contributed by atoms with Gasteiger partial charge in [0.25, 0.3) is 0 Å². The van der Waals surface area contributed by atoms with E-state index in [-0.39, 0.29) is 5.82 Å². The van der Waals surface area contributed by atoms with E-state index in [0.717, 1.165) is 67.1 Å². The fraction of sp³-hybridized carbons (Fsp3) is 0.391. The molecule has 0 atom stereocenters. The maximum absolute atomic E-state index is 13.6. The monoisotopic (exact) mass is 408 g/mol. The number of pyridine rings is 1. The standard InChI is InChI=1S/C23H29FN6/c1-2-25-23(27-12-8-17-16-28-21-7-6-18(24)15-20(17)21)29-19-9-13-30(14-10-19)22-5-3-4-11-26-22/h3-7,11,15-16,19,28H,2,8-10,12-14H2,1H3,(H2,25,27,29). The fourth-order valence-corrected chi connectivity index (χ4v) is 3.95. The zero-order valence-corrected chi connectivity index (χ0v) is 17.4. The zero-order valence-electron chi connectivity index (χ0n) is 17.4. The van der Waals surface area contributed by atoms with Crippen molar-refractivity contribution in [3.05, 3.63) is 60.2 Å². The number of hydrogen-bond acceptors (Lipinski definition) is 3. The topological polar surface area (TPSA) is 68.3 Å². The molecule has 3 heterocycles. The molecule has 0 unspecified atom stereocenters. The van der Waals surface area contributed by atoms with Gasteiger partial charge >= 0.3 is 0 Å². The lowest BCUT2D eigenvalue weighted by Crippen LogP contribution is -2.49. The Bertz CT molecular complexity index is 976. The number of anilines is 1. The second kappa shape index (κ2) is 9.61. The van der Waals surface area contributed by atoms with Gasteiger partial charge in [-0.05, 0) is 62.1 Å². The van der Waals surface area contributed by atoms with Crippen LogP contribution in [0.4, 0.5) is 10.2 Å². The number of rotatable bonds is 6. The molecule has 1 fully saturated rings. The molecular weight excluding hydrogens is 379 g/mol. The van der Waals surface area contributed by atoms with Crippen molar-refractivity contribution in [3.63, 3.8) is 0 Å². The van der Waals surface area contributed by atoms with Gasteiger partial charge in [-0.15, -0.1) is 0 Å². The van der Waals surface area contributed by atoms with Crippen LogP contribution in [0.3, 0.4) is 0 Å². The molecule has 0 saturated carbocycles. The number of aromatic nitrogens is 2. The lowest BCUT2D eigenvalue weighted by atomic mass is 10.1. The highest BCUT2D eigenvalue weighted by Gasteiger charge is 2.20. The molecule has 0 bridgehead atoms. The first-order valence-electron chi connectivity index (χ1n) is 10.7. The summed E-state index contributed by atoms with van der Waals surface area (Å²) in [7, 11) is 0. The summed E-state index contributed by atoms with van der Waals surface area (Å²) in [6.07, 6.45) is 6.65. The van der Waals surface area contributed by atoms with Gasteiger partial charge in [-0.2, -0.15) is 0 Å². The molecule has 2 aromatic heterocycles. The van der Waals surface area contributed by atoms with Gasteiger partial charge < -0.3 is 20.5 Å². The van der Waals surface area contributed by atoms with E-state index in [1.54, 1.807) is 12.1 Å². The number of aromatic amines is 1. The molecule has 30 heavy (non-hydrogen) atoms. The van der Waals surface area contributed by atoms with E-state index >= 15 is 0 Å². The van der Waals surface area contributed by atoms with Crippen LogP contribution < -0.4 is 15.5 Å². The Morgan fingerprint density at radius 1 is 1.27 bits per heavy atom. The minimum atomic E-state index is -0.209. The van der Waals surface area contributed by atoms with Crippen molar-refractivity contribution in [1.29, 1.82) is 0 Å². The summed E-state index contributed by atoms with van der Waals surface area (Å²) >= 11 is 0. The number of H-pyrrole nitrogens is 1. The van der Waals surface area contributed by atoms with E-state index in [2.05, 4.69) is 38.5 Å². The predicted molar refractivity (Wildman–Crippen MR) is 121 cm³/mol. The number of nitrogens with one attached hydrogen (secondary N) is 3. The maximum Gasteiger partial charge on any atom is 0.191 e. The third-order valence-corrected chi connectivity index (χ3v) is 5.53. The van der Waals surface area contributed by atoms with Crippen LogP contribution in [-0.4, -0.2) is 48.1 Å². The van der Waals surface area contributed by atoms with Crippen LogP contribution in [0.5, 0.6) is 0 Å². The van der Waals surface area contributed by atoms with Gasteiger partial charge in [-0.1, -0.05) is 6.07 Å². The van der Waals surface area contributed by atoms with Gasteiger partial charge in [-0.25, -0.2) is 9.37 Å². The van der Waals surface area contributed by atoms with Gasteiger partial charge in [-0.3, -0.25) is 4.99 Å². The number of fused-ring (bicyclic) bond motifs is 1. The molecule has 3 aromatic rings. The number of piperidine rings is 1. The molecular formula is C23H29FN6. The molecule has 1 saturated heterocycles. The van der Waals surface area contributed by atoms with Crippen LogP contribution in [0.1, 0.15) is 25.3 Å². The lowest BCUT2D eigenvalue weighted by Gasteiger charge is -2.33. The first-order chi connectivity index (χ1) is 14.7. The first kappa shape index (κ1) is 20.2. The van der Waals surface area contributed by atoms with Crippen LogP contribution in [0.2, 0.25) is 0 Å². The normalized spacial score (nSPS) is 15.5. The number of guanidine groups is 1. The largest absolute Gasteiger partial charge is 0.361 e. The molecule has 158 valence electrons. The Labute approximate surface area is 176 Å². The van der Waals surface area contributed by atoms with Gasteiger partial charge in [0.1, 0.15) is 11.6 Å². The van der Waals surface area contributed by atoms with E-state index in [0.29, 0.717) is 12.6 Å². The molecule has 6 nitrogen and oxygen atoms in total. The smallest absolute Gasteiger partial charge is 0.191 e. The van der Waals surface area contributed by atoms with Gasteiger partial charge in [0.2, 0.25) is 0 Å². The summed E-state index contributed by atoms with van der Waals surface area (Å²) in [6.45, 7) is 5.50. The number of nitrogens with zero attached hydrogens (tertiary/aromatic N) is 3. The summed E-state index contributed by atoms with van der Waals surface area (Å²) in [6, 6.07) is 11.3. The average molecular weight is 409 g/mol. The highest BCUT2D eigenvalue weighted by molar-refractivity contribution is 5.83. The summed E-state index contributed by atoms with van der Waals surface area (Å²) in [4.78, 5) is 14.7. The maximum atomic E-state index is 13.6. The highest BCUT2D eigenvalue weighted by atomic mass is 19.1. The fourth-order valence-electron chi connectivity index (χ4n) is 3.95.